The fourth-order valence-electron chi connectivity index (χ4n) is 0.940. The monoisotopic (exact) mass is 250 g/mol. The third kappa shape index (κ3) is 4.57. The van der Waals surface area contributed by atoms with E-state index in [2.05, 4.69) is 0 Å². The molecule has 1 rings (SSSR count). The topological polar surface area (TPSA) is 63.6 Å². The van der Waals surface area contributed by atoms with Crippen molar-refractivity contribution in [3.05, 3.63) is 35.4 Å². The average molecular weight is 250 g/mol. The Bertz CT molecular complexity index is 381. The van der Waals surface area contributed by atoms with Gasteiger partial charge in [-0.05, 0) is 18.2 Å². The van der Waals surface area contributed by atoms with Crippen LogP contribution in [0.3, 0.4) is 0 Å². The summed E-state index contributed by atoms with van der Waals surface area (Å²) in [6, 6.07) is 5.74. The van der Waals surface area contributed by atoms with Crippen molar-refractivity contribution in [2.24, 2.45) is 0 Å². The summed E-state index contributed by atoms with van der Waals surface area (Å²) in [5, 5.41) is 8.71. The average Bonchev–Trinajstić information content (AvgIpc) is 2.26. The molecule has 1 N–H and O–H groups in total. The van der Waals surface area contributed by atoms with Gasteiger partial charge in [-0.2, -0.15) is 0 Å². The maximum absolute atomic E-state index is 11.3. The van der Waals surface area contributed by atoms with E-state index in [-0.39, 0.29) is 40.7 Å². The summed E-state index contributed by atoms with van der Waals surface area (Å²) in [6.45, 7) is 1.85. The van der Waals surface area contributed by atoms with Gasteiger partial charge in [0.15, 0.2) is 0 Å². The summed E-state index contributed by atoms with van der Waals surface area (Å²) in [7, 11) is 0. The van der Waals surface area contributed by atoms with Gasteiger partial charge in [0, 0.05) is 5.75 Å². The molecule has 0 bridgehead atoms. The predicted octanol–water partition coefficient (Wildman–Crippen LogP) is 1.56. The standard InChI is InChI=1S/C10H10O4S.Na.H/c1-2-15-14-10(13)8-5-3-4-7(6-8)9(11)12;;/h3-6H,2H2,1H3,(H,11,12);;. The zero-order valence-corrected chi connectivity index (χ0v) is 8.91. The van der Waals surface area contributed by atoms with Crippen molar-refractivity contribution in [2.45, 2.75) is 6.92 Å². The molecule has 0 aliphatic heterocycles. The van der Waals surface area contributed by atoms with Crippen LogP contribution in [0, 0.1) is 0 Å². The van der Waals surface area contributed by atoms with Crippen molar-refractivity contribution in [3.8, 4) is 0 Å². The van der Waals surface area contributed by atoms with Gasteiger partial charge in [-0.15, -0.1) is 0 Å². The summed E-state index contributed by atoms with van der Waals surface area (Å²) in [6.07, 6.45) is 0. The summed E-state index contributed by atoms with van der Waals surface area (Å²) in [5.74, 6) is -0.928. The van der Waals surface area contributed by atoms with Gasteiger partial charge in [0.05, 0.1) is 23.2 Å². The van der Waals surface area contributed by atoms with Gasteiger partial charge < -0.3 is 9.29 Å². The normalized spacial score (nSPS) is 9.06. The second kappa shape index (κ2) is 7.73. The number of aromatic carboxylic acids is 1. The van der Waals surface area contributed by atoms with Crippen molar-refractivity contribution in [3.63, 3.8) is 0 Å². The minimum absolute atomic E-state index is 0. The Balaban J connectivity index is 0.00000225. The number of carboxylic acid groups (broad SMARTS) is 1. The van der Waals surface area contributed by atoms with Crippen molar-refractivity contribution >= 4 is 53.5 Å². The van der Waals surface area contributed by atoms with Crippen molar-refractivity contribution < 1.29 is 18.9 Å². The molecule has 1 aromatic rings. The molecule has 6 heteroatoms. The van der Waals surface area contributed by atoms with E-state index in [9.17, 15) is 9.59 Å². The maximum atomic E-state index is 11.3. The van der Waals surface area contributed by atoms with Crippen LogP contribution < -0.4 is 0 Å². The van der Waals surface area contributed by atoms with Crippen LogP contribution in [0.25, 0.3) is 0 Å². The molecule has 0 aliphatic carbocycles. The fraction of sp³-hybridized carbons (Fsp3) is 0.200. The fourth-order valence-corrected chi connectivity index (χ4v) is 1.26. The quantitative estimate of drug-likeness (QED) is 0.649. The molecule has 0 aliphatic rings. The molecule has 0 unspecified atom stereocenters. The predicted molar refractivity (Wildman–Crippen MR) is 64.1 cm³/mol. The van der Waals surface area contributed by atoms with Gasteiger partial charge in [-0.3, -0.25) is 0 Å². The first-order valence-corrected chi connectivity index (χ1v) is 5.23. The van der Waals surface area contributed by atoms with E-state index in [1.807, 2.05) is 6.92 Å². The first-order valence-electron chi connectivity index (χ1n) is 4.32. The Morgan fingerprint density at radius 1 is 1.38 bits per heavy atom. The zero-order chi connectivity index (χ0) is 11.3. The van der Waals surface area contributed by atoms with E-state index in [0.29, 0.717) is 5.75 Å². The second-order valence-electron chi connectivity index (χ2n) is 2.66. The molecule has 0 fully saturated rings. The van der Waals surface area contributed by atoms with Gasteiger partial charge in [0.25, 0.3) is 0 Å². The third-order valence-corrected chi connectivity index (χ3v) is 2.10. The molecule has 82 valence electrons. The van der Waals surface area contributed by atoms with E-state index < -0.39 is 11.9 Å². The number of carbonyl (C=O) groups excluding carboxylic acids is 1. The number of hydrogen-bond donors (Lipinski definition) is 1. The molecule has 1 aromatic carbocycles. The van der Waals surface area contributed by atoms with E-state index in [4.69, 9.17) is 9.29 Å². The van der Waals surface area contributed by atoms with Gasteiger partial charge in [0.1, 0.15) is 0 Å². The van der Waals surface area contributed by atoms with Crippen LogP contribution in [0.5, 0.6) is 0 Å². The number of carboxylic acids is 1. The molecule has 0 radical (unpaired) electrons. The van der Waals surface area contributed by atoms with Gasteiger partial charge in [-0.25, -0.2) is 9.59 Å². The number of hydrogen-bond acceptors (Lipinski definition) is 4. The summed E-state index contributed by atoms with van der Waals surface area (Å²) < 4.78 is 4.80. The molecular formula is C10H11NaO4S. The van der Waals surface area contributed by atoms with Crippen LogP contribution >= 0.6 is 12.0 Å². The molecule has 0 heterocycles. The molecule has 4 nitrogen and oxygen atoms in total. The van der Waals surface area contributed by atoms with Crippen LogP contribution in [0.2, 0.25) is 0 Å². The Morgan fingerprint density at radius 3 is 2.56 bits per heavy atom. The summed E-state index contributed by atoms with van der Waals surface area (Å²) in [5.41, 5.74) is 0.321. The molecule has 0 atom stereocenters. The van der Waals surface area contributed by atoms with Crippen LogP contribution in [0.4, 0.5) is 0 Å². The van der Waals surface area contributed by atoms with Gasteiger partial charge in [0.2, 0.25) is 0 Å². The minimum atomic E-state index is -1.06. The Labute approximate surface area is 120 Å². The number of benzene rings is 1. The number of carbonyl (C=O) groups is 2. The van der Waals surface area contributed by atoms with E-state index in [1.165, 1.54) is 24.3 Å². The second-order valence-corrected chi connectivity index (χ2v) is 3.64. The van der Waals surface area contributed by atoms with Crippen molar-refractivity contribution in [1.29, 1.82) is 0 Å². The van der Waals surface area contributed by atoms with Crippen LogP contribution in [0.15, 0.2) is 24.3 Å². The van der Waals surface area contributed by atoms with Gasteiger partial charge >= 0.3 is 41.5 Å². The first-order chi connectivity index (χ1) is 7.15. The van der Waals surface area contributed by atoms with E-state index in [0.717, 1.165) is 12.0 Å². The summed E-state index contributed by atoms with van der Waals surface area (Å²) >= 11 is 1.03. The van der Waals surface area contributed by atoms with Crippen molar-refractivity contribution in [2.75, 3.05) is 5.75 Å². The molecular weight excluding hydrogens is 239 g/mol. The molecule has 0 saturated heterocycles. The molecule has 0 saturated carbocycles. The van der Waals surface area contributed by atoms with E-state index in [1.54, 1.807) is 0 Å². The van der Waals surface area contributed by atoms with Crippen LogP contribution in [-0.4, -0.2) is 52.4 Å². The van der Waals surface area contributed by atoms with Crippen molar-refractivity contribution in [1.82, 2.24) is 0 Å². The Morgan fingerprint density at radius 2 is 2.00 bits per heavy atom. The number of rotatable bonds is 4. The molecule has 0 spiro atoms. The molecule has 0 aromatic heterocycles. The zero-order valence-electron chi connectivity index (χ0n) is 8.10. The third-order valence-electron chi connectivity index (χ3n) is 1.60. The first kappa shape index (κ1) is 15.5. The summed E-state index contributed by atoms with van der Waals surface area (Å²) in [4.78, 5) is 22.0. The molecule has 16 heavy (non-hydrogen) atoms. The van der Waals surface area contributed by atoms with E-state index >= 15 is 0 Å². The molecule has 0 amide bonds. The van der Waals surface area contributed by atoms with Crippen LogP contribution in [-0.2, 0) is 4.18 Å². The SMILES string of the molecule is CCSOC(=O)c1cccc(C(=O)O)c1.[NaH]. The Hall–Kier alpha value is -0.490. The van der Waals surface area contributed by atoms with Gasteiger partial charge in [-0.1, -0.05) is 13.0 Å². The van der Waals surface area contributed by atoms with Crippen LogP contribution in [0.1, 0.15) is 27.6 Å². The Kier molecular flexibility index (Phi) is 7.49.